The maximum Gasteiger partial charge on any atom is 0.266 e. The van der Waals surface area contributed by atoms with Crippen molar-refractivity contribution < 1.29 is 9.39 Å². The molecule has 1 aromatic carbocycles. The van der Waals surface area contributed by atoms with Gasteiger partial charge in [0.25, 0.3) is 5.91 Å². The van der Waals surface area contributed by atoms with Crippen LogP contribution in [-0.4, -0.2) is 38.2 Å². The van der Waals surface area contributed by atoms with Gasteiger partial charge in [0.15, 0.2) is 0 Å². The van der Waals surface area contributed by atoms with Gasteiger partial charge in [0.2, 0.25) is 0 Å². The lowest BCUT2D eigenvalue weighted by Gasteiger charge is -2.23. The first kappa shape index (κ1) is 12.5. The molecule has 0 aromatic heterocycles. The molecule has 1 aromatic rings. The van der Waals surface area contributed by atoms with Gasteiger partial charge >= 0.3 is 0 Å². The number of anilines is 1. The molecule has 1 rings (SSSR count). The monoisotopic (exact) mass is 222 g/mol. The van der Waals surface area contributed by atoms with Gasteiger partial charge in [0, 0.05) is 18.7 Å². The predicted molar refractivity (Wildman–Crippen MR) is 65.7 cm³/mol. The zero-order valence-corrected chi connectivity index (χ0v) is 10.2. The Morgan fingerprint density at radius 3 is 2.38 bits per heavy atom. The minimum atomic E-state index is 0.0518. The van der Waals surface area contributed by atoms with Crippen LogP contribution in [0.3, 0.4) is 0 Å². The zero-order valence-electron chi connectivity index (χ0n) is 10.2. The number of nitrogens with zero attached hydrogens (tertiary/aromatic N) is 1. The van der Waals surface area contributed by atoms with Crippen LogP contribution >= 0.6 is 0 Å². The van der Waals surface area contributed by atoms with E-state index >= 15 is 0 Å². The molecule has 0 aliphatic heterocycles. The summed E-state index contributed by atoms with van der Waals surface area (Å²) in [7, 11) is 5.76. The normalized spacial score (nSPS) is 10.9. The van der Waals surface area contributed by atoms with Crippen molar-refractivity contribution >= 4 is 11.6 Å². The number of carbonyl (C=O) groups is 1. The van der Waals surface area contributed by atoms with Crippen LogP contribution in [0.2, 0.25) is 0 Å². The summed E-state index contributed by atoms with van der Waals surface area (Å²) in [4.78, 5) is 11.5. The summed E-state index contributed by atoms with van der Waals surface area (Å²) in [6.45, 7) is 0.649. The molecule has 0 spiro atoms. The van der Waals surface area contributed by atoms with Gasteiger partial charge in [-0.1, -0.05) is 18.2 Å². The molecule has 4 heteroatoms. The number of benzene rings is 1. The molecule has 0 aliphatic carbocycles. The van der Waals surface area contributed by atoms with Gasteiger partial charge in [-0.2, -0.15) is 0 Å². The molecule has 0 unspecified atom stereocenters. The maximum atomic E-state index is 11.5. The third-order valence-electron chi connectivity index (χ3n) is 1.92. The lowest BCUT2D eigenvalue weighted by molar-refractivity contribution is -0.906. The molecule has 4 nitrogen and oxygen atoms in total. The highest BCUT2D eigenvalue weighted by Crippen LogP contribution is 2.04. The molecular formula is C12H20N3O+. The Hall–Kier alpha value is -1.55. The third kappa shape index (κ3) is 5.36. The van der Waals surface area contributed by atoms with Gasteiger partial charge < -0.3 is 5.32 Å². The number of hydrogen-bond donors (Lipinski definition) is 2. The Morgan fingerprint density at radius 2 is 1.81 bits per heavy atom. The number of hydrogen-bond acceptors (Lipinski definition) is 2. The van der Waals surface area contributed by atoms with Crippen LogP contribution in [0.25, 0.3) is 0 Å². The molecule has 0 saturated heterocycles. The third-order valence-corrected chi connectivity index (χ3v) is 1.92. The maximum absolute atomic E-state index is 11.5. The topological polar surface area (TPSA) is 41.1 Å². The second kappa shape index (κ2) is 5.51. The largest absolute Gasteiger partial charge is 0.385 e. The van der Waals surface area contributed by atoms with Gasteiger partial charge in [-0.3, -0.25) is 4.79 Å². The fourth-order valence-electron chi connectivity index (χ4n) is 1.31. The number of rotatable bonds is 5. The summed E-state index contributed by atoms with van der Waals surface area (Å²) in [6.07, 6.45) is 0.477. The van der Waals surface area contributed by atoms with Crippen LogP contribution in [0, 0.1) is 0 Å². The van der Waals surface area contributed by atoms with Crippen LogP contribution in [0.5, 0.6) is 0 Å². The average molecular weight is 222 g/mol. The lowest BCUT2D eigenvalue weighted by Crippen LogP contribution is -2.51. The van der Waals surface area contributed by atoms with Gasteiger partial charge in [-0.15, -0.1) is 0 Å². The van der Waals surface area contributed by atoms with Gasteiger partial charge in [0.1, 0.15) is 0 Å². The van der Waals surface area contributed by atoms with Gasteiger partial charge in [-0.05, 0) is 12.1 Å². The van der Waals surface area contributed by atoms with Crippen molar-refractivity contribution in [2.24, 2.45) is 0 Å². The number of amides is 1. The van der Waals surface area contributed by atoms with E-state index in [0.717, 1.165) is 5.69 Å². The molecule has 1 amide bonds. The lowest BCUT2D eigenvalue weighted by atomic mass is 10.3. The highest BCUT2D eigenvalue weighted by Gasteiger charge is 2.11. The van der Waals surface area contributed by atoms with E-state index in [4.69, 9.17) is 0 Å². The van der Waals surface area contributed by atoms with Gasteiger partial charge in [0.05, 0.1) is 21.1 Å². The second-order valence-electron chi connectivity index (χ2n) is 4.59. The number of nitrogens with one attached hydrogen (secondary N) is 2. The van der Waals surface area contributed by atoms with E-state index in [-0.39, 0.29) is 5.91 Å². The van der Waals surface area contributed by atoms with Crippen molar-refractivity contribution in [1.29, 1.82) is 0 Å². The highest BCUT2D eigenvalue weighted by atomic mass is 16.2. The van der Waals surface area contributed by atoms with Crippen molar-refractivity contribution in [2.45, 2.75) is 6.42 Å². The molecule has 0 bridgehead atoms. The summed E-state index contributed by atoms with van der Waals surface area (Å²) in [5.41, 5.74) is 3.91. The molecule has 0 aliphatic rings. The van der Waals surface area contributed by atoms with Gasteiger partial charge in [-0.25, -0.2) is 10.0 Å². The van der Waals surface area contributed by atoms with Crippen LogP contribution in [0.15, 0.2) is 30.3 Å². The van der Waals surface area contributed by atoms with E-state index < -0.39 is 0 Å². The smallest absolute Gasteiger partial charge is 0.266 e. The summed E-state index contributed by atoms with van der Waals surface area (Å²) < 4.78 is 0.449. The summed E-state index contributed by atoms with van der Waals surface area (Å²) in [5, 5.41) is 3.19. The van der Waals surface area contributed by atoms with Crippen molar-refractivity contribution in [1.82, 2.24) is 5.43 Å². The summed E-state index contributed by atoms with van der Waals surface area (Å²) >= 11 is 0. The van der Waals surface area contributed by atoms with Crippen molar-refractivity contribution in [3.63, 3.8) is 0 Å². The number of quaternary nitrogens is 1. The van der Waals surface area contributed by atoms with Crippen LogP contribution in [0.1, 0.15) is 6.42 Å². The first-order valence-electron chi connectivity index (χ1n) is 5.39. The van der Waals surface area contributed by atoms with Crippen LogP contribution in [-0.2, 0) is 4.79 Å². The Balaban J connectivity index is 2.24. The molecule has 0 fully saturated rings. The average Bonchev–Trinajstić information content (AvgIpc) is 2.16. The van der Waals surface area contributed by atoms with Crippen molar-refractivity contribution in [3.8, 4) is 0 Å². The Morgan fingerprint density at radius 1 is 1.19 bits per heavy atom. The molecule has 0 heterocycles. The first-order chi connectivity index (χ1) is 7.47. The van der Waals surface area contributed by atoms with Crippen LogP contribution in [0.4, 0.5) is 5.69 Å². The van der Waals surface area contributed by atoms with E-state index in [1.807, 2.05) is 51.5 Å². The molecule has 0 radical (unpaired) electrons. The fraction of sp³-hybridized carbons (Fsp3) is 0.417. The van der Waals surface area contributed by atoms with Crippen molar-refractivity contribution in [2.75, 3.05) is 33.0 Å². The fourth-order valence-corrected chi connectivity index (χ4v) is 1.31. The van der Waals surface area contributed by atoms with Crippen LogP contribution < -0.4 is 10.7 Å². The molecular weight excluding hydrogens is 202 g/mol. The van der Waals surface area contributed by atoms with E-state index in [2.05, 4.69) is 10.7 Å². The van der Waals surface area contributed by atoms with E-state index in [0.29, 0.717) is 17.6 Å². The minimum Gasteiger partial charge on any atom is -0.385 e. The van der Waals surface area contributed by atoms with E-state index in [1.165, 1.54) is 0 Å². The molecule has 0 saturated carbocycles. The first-order valence-corrected chi connectivity index (χ1v) is 5.39. The molecule has 88 valence electrons. The summed E-state index contributed by atoms with van der Waals surface area (Å²) in [6, 6.07) is 9.87. The quantitative estimate of drug-likeness (QED) is 0.581. The standard InChI is InChI=1S/C12H19N3O/c1-15(2,3)14-12(16)9-10-13-11-7-5-4-6-8-11/h4-8,13H,9-10H2,1-3H3/p+1. The Kier molecular flexibility index (Phi) is 4.31. The van der Waals surface area contributed by atoms with E-state index in [1.54, 1.807) is 0 Å². The predicted octanol–water partition coefficient (Wildman–Crippen LogP) is 1.23. The number of carbonyl (C=O) groups excluding carboxylic acids is 1. The Bertz CT molecular complexity index is 330. The SMILES string of the molecule is C[N+](C)(C)NC(=O)CCNc1ccccc1. The second-order valence-corrected chi connectivity index (χ2v) is 4.59. The zero-order chi connectivity index (χ0) is 12.0. The minimum absolute atomic E-state index is 0.0518. The Labute approximate surface area is 96.8 Å². The number of para-hydroxylation sites is 1. The molecule has 0 atom stereocenters. The highest BCUT2D eigenvalue weighted by molar-refractivity contribution is 5.75. The van der Waals surface area contributed by atoms with E-state index in [9.17, 15) is 4.79 Å². The molecule has 2 N–H and O–H groups in total. The van der Waals surface area contributed by atoms with Crippen molar-refractivity contribution in [3.05, 3.63) is 30.3 Å². The summed E-state index contributed by atoms with van der Waals surface area (Å²) in [5.74, 6) is 0.0518. The molecule has 16 heavy (non-hydrogen) atoms.